The lowest BCUT2D eigenvalue weighted by Gasteiger charge is -2.07. The van der Waals surface area contributed by atoms with Crippen molar-refractivity contribution in [3.63, 3.8) is 0 Å². The minimum absolute atomic E-state index is 0.0220. The number of carbonyl (C=O) groups is 1. The molecule has 0 aromatic heterocycles. The average Bonchev–Trinajstić information content (AvgIpc) is 3.01. The number of hydrogen-bond donors (Lipinski definition) is 2. The highest BCUT2D eigenvalue weighted by Crippen LogP contribution is 2.56. The highest BCUT2D eigenvalue weighted by Gasteiger charge is 2.74. The van der Waals surface area contributed by atoms with Gasteiger partial charge in [-0.15, -0.1) is 0 Å². The molecule has 4 rings (SSSR count). The molecule has 9 heteroatoms. The van der Waals surface area contributed by atoms with Gasteiger partial charge in [0.25, 0.3) is 0 Å². The van der Waals surface area contributed by atoms with Crippen LogP contribution in [0.2, 0.25) is 5.02 Å². The largest absolute Gasteiger partial charge is 0.480 e. The minimum atomic E-state index is -3.98. The van der Waals surface area contributed by atoms with E-state index in [-0.39, 0.29) is 11.7 Å². The van der Waals surface area contributed by atoms with Crippen molar-refractivity contribution in [1.29, 1.82) is 0 Å². The third kappa shape index (κ3) is 2.37. The fraction of sp³-hybridized carbons (Fsp3) is 0.235. The number of hydrogen-bond acceptors (Lipinski definition) is 6. The van der Waals surface area contributed by atoms with Crippen LogP contribution in [0.15, 0.2) is 47.4 Å². The molecular formula is C17H14ClNO6S. The third-order valence-corrected chi connectivity index (χ3v) is 7.29. The van der Waals surface area contributed by atoms with Gasteiger partial charge in [0.05, 0.1) is 4.90 Å². The summed E-state index contributed by atoms with van der Waals surface area (Å²) >= 11 is 5.80. The molecule has 0 unspecified atom stereocenters. The molecule has 1 fully saturated rings. The Labute approximate surface area is 154 Å². The van der Waals surface area contributed by atoms with Crippen LogP contribution in [0, 0.1) is 0 Å². The Hall–Kier alpha value is -2.29. The van der Waals surface area contributed by atoms with Gasteiger partial charge in [0.1, 0.15) is 10.8 Å². The molecule has 136 valence electrons. The van der Waals surface area contributed by atoms with Gasteiger partial charge in [0, 0.05) is 10.9 Å². The number of fused-ring (bicyclic) bond motifs is 1. The summed E-state index contributed by atoms with van der Waals surface area (Å²) in [5.41, 5.74) is 4.58. The molecular weight excluding hydrogens is 382 g/mol. The van der Waals surface area contributed by atoms with Gasteiger partial charge in [-0.2, -0.15) is 0 Å². The van der Waals surface area contributed by atoms with Gasteiger partial charge < -0.3 is 20.3 Å². The third-order valence-electron chi connectivity index (χ3n) is 4.78. The summed E-state index contributed by atoms with van der Waals surface area (Å²) in [7, 11) is -3.98. The van der Waals surface area contributed by atoms with Crippen LogP contribution in [-0.4, -0.2) is 37.1 Å². The maximum atomic E-state index is 13.0. The van der Waals surface area contributed by atoms with Crippen molar-refractivity contribution < 1.29 is 27.8 Å². The number of halogens is 1. The predicted octanol–water partition coefficient (Wildman–Crippen LogP) is 1.79. The molecule has 7 nitrogen and oxygen atoms in total. The molecule has 0 saturated heterocycles. The molecule has 26 heavy (non-hydrogen) atoms. The van der Waals surface area contributed by atoms with Gasteiger partial charge in [-0.1, -0.05) is 17.7 Å². The molecule has 1 aliphatic carbocycles. The van der Waals surface area contributed by atoms with Crippen molar-refractivity contribution in [2.24, 2.45) is 5.73 Å². The monoisotopic (exact) mass is 395 g/mol. The van der Waals surface area contributed by atoms with E-state index in [1.54, 1.807) is 18.2 Å². The molecule has 0 amide bonds. The van der Waals surface area contributed by atoms with Crippen LogP contribution < -0.4 is 15.2 Å². The Morgan fingerprint density at radius 2 is 1.81 bits per heavy atom. The Bertz CT molecular complexity index is 1010. The molecule has 2 aromatic carbocycles. The molecule has 3 N–H and O–H groups in total. The Morgan fingerprint density at radius 3 is 2.46 bits per heavy atom. The van der Waals surface area contributed by atoms with Crippen molar-refractivity contribution in [2.75, 3.05) is 6.79 Å². The van der Waals surface area contributed by atoms with Crippen LogP contribution in [0.1, 0.15) is 11.5 Å². The number of benzene rings is 2. The number of aliphatic carboxylic acids is 1. The van der Waals surface area contributed by atoms with Crippen LogP contribution in [0.4, 0.5) is 0 Å². The summed E-state index contributed by atoms with van der Waals surface area (Å²) in [5.74, 6) is -1.33. The standard InChI is InChI=1S/C17H14ClNO6S/c18-10-2-4-11(5-3-10)26(22,23)15-14(17(15,19)16(20)21)9-1-6-12-13(7-9)25-8-24-12/h1-7,14-15H,8,19H2,(H,20,21)/t14-,15+,17-/m1/s1. The number of ether oxygens (including phenoxy) is 2. The molecule has 2 aromatic rings. The second kappa shape index (κ2) is 5.60. The van der Waals surface area contributed by atoms with E-state index in [1.807, 2.05) is 0 Å². The number of carboxylic acids is 1. The van der Waals surface area contributed by atoms with Gasteiger partial charge in [0.15, 0.2) is 21.3 Å². The summed E-state index contributed by atoms with van der Waals surface area (Å²) in [4.78, 5) is 11.8. The van der Waals surface area contributed by atoms with Crippen molar-refractivity contribution in [2.45, 2.75) is 21.6 Å². The van der Waals surface area contributed by atoms with Gasteiger partial charge >= 0.3 is 5.97 Å². The second-order valence-electron chi connectivity index (χ2n) is 6.25. The van der Waals surface area contributed by atoms with E-state index >= 15 is 0 Å². The second-order valence-corrected chi connectivity index (χ2v) is 8.75. The molecule has 0 radical (unpaired) electrons. The zero-order valence-corrected chi connectivity index (χ0v) is 14.8. The molecule has 0 spiro atoms. The van der Waals surface area contributed by atoms with Crippen molar-refractivity contribution in [1.82, 2.24) is 0 Å². The highest BCUT2D eigenvalue weighted by atomic mass is 35.5. The first-order valence-electron chi connectivity index (χ1n) is 7.67. The fourth-order valence-electron chi connectivity index (χ4n) is 3.39. The van der Waals surface area contributed by atoms with E-state index in [4.69, 9.17) is 26.8 Å². The normalized spacial score (nSPS) is 26.5. The molecule has 1 aliphatic heterocycles. The van der Waals surface area contributed by atoms with Gasteiger partial charge in [-0.05, 0) is 42.0 Å². The molecule has 0 bridgehead atoms. The predicted molar refractivity (Wildman–Crippen MR) is 92.3 cm³/mol. The molecule has 3 atom stereocenters. The van der Waals surface area contributed by atoms with Crippen LogP contribution in [0.5, 0.6) is 11.5 Å². The lowest BCUT2D eigenvalue weighted by atomic mass is 10.1. The van der Waals surface area contributed by atoms with Gasteiger partial charge in [-0.25, -0.2) is 8.42 Å². The smallest absolute Gasteiger partial charge is 0.325 e. The minimum Gasteiger partial charge on any atom is -0.480 e. The fourth-order valence-corrected chi connectivity index (χ4v) is 5.75. The summed E-state index contributed by atoms with van der Waals surface area (Å²) in [6.45, 7) is 0.0582. The van der Waals surface area contributed by atoms with E-state index < -0.39 is 32.5 Å². The number of sulfone groups is 1. The highest BCUT2D eigenvalue weighted by molar-refractivity contribution is 7.92. The molecule has 1 heterocycles. The van der Waals surface area contributed by atoms with Crippen molar-refractivity contribution in [3.8, 4) is 11.5 Å². The van der Waals surface area contributed by atoms with E-state index in [9.17, 15) is 18.3 Å². The lowest BCUT2D eigenvalue weighted by molar-refractivity contribution is -0.139. The van der Waals surface area contributed by atoms with E-state index in [0.717, 1.165) is 0 Å². The topological polar surface area (TPSA) is 116 Å². The quantitative estimate of drug-likeness (QED) is 0.810. The molecule has 2 aliphatic rings. The van der Waals surface area contributed by atoms with Crippen LogP contribution in [0.3, 0.4) is 0 Å². The maximum Gasteiger partial charge on any atom is 0.325 e. The summed E-state index contributed by atoms with van der Waals surface area (Å²) in [6, 6.07) is 10.4. The van der Waals surface area contributed by atoms with Gasteiger partial charge in [-0.3, -0.25) is 4.79 Å². The number of carboxylic acid groups (broad SMARTS) is 1. The van der Waals surface area contributed by atoms with E-state index in [1.165, 1.54) is 24.3 Å². The maximum absolute atomic E-state index is 13.0. The Morgan fingerprint density at radius 1 is 1.15 bits per heavy atom. The van der Waals surface area contributed by atoms with Gasteiger partial charge in [0.2, 0.25) is 6.79 Å². The number of nitrogens with two attached hydrogens (primary N) is 1. The lowest BCUT2D eigenvalue weighted by Crippen LogP contribution is -2.39. The Kier molecular flexibility index (Phi) is 3.69. The first-order chi connectivity index (χ1) is 12.3. The van der Waals surface area contributed by atoms with Crippen LogP contribution in [0.25, 0.3) is 0 Å². The summed E-state index contributed by atoms with van der Waals surface area (Å²) in [5, 5.41) is 8.68. The van der Waals surface area contributed by atoms with Crippen molar-refractivity contribution >= 4 is 27.4 Å². The first kappa shape index (κ1) is 17.1. The SMILES string of the molecule is N[C@]1(C(=O)O)[C@H](c2ccc3c(c2)OCO3)[C@@H]1S(=O)(=O)c1ccc(Cl)cc1. The van der Waals surface area contributed by atoms with E-state index in [0.29, 0.717) is 22.1 Å². The average molecular weight is 396 g/mol. The van der Waals surface area contributed by atoms with E-state index in [2.05, 4.69) is 0 Å². The van der Waals surface area contributed by atoms with Crippen LogP contribution in [-0.2, 0) is 14.6 Å². The first-order valence-corrected chi connectivity index (χ1v) is 9.60. The summed E-state index contributed by atoms with van der Waals surface area (Å²) in [6.07, 6.45) is 0. The van der Waals surface area contributed by atoms with Crippen molar-refractivity contribution in [3.05, 3.63) is 53.1 Å². The summed E-state index contributed by atoms with van der Waals surface area (Å²) < 4.78 is 36.5. The zero-order valence-electron chi connectivity index (χ0n) is 13.3. The molecule has 1 saturated carbocycles. The number of rotatable bonds is 4. The van der Waals surface area contributed by atoms with Crippen LogP contribution >= 0.6 is 11.6 Å². The zero-order chi connectivity index (χ0) is 18.7. The Balaban J connectivity index is 1.77.